The van der Waals surface area contributed by atoms with Crippen molar-refractivity contribution in [1.82, 2.24) is 4.90 Å². The molecule has 1 aromatic carbocycles. The quantitative estimate of drug-likeness (QED) is 0.840. The van der Waals surface area contributed by atoms with Gasteiger partial charge < -0.3 is 0 Å². The summed E-state index contributed by atoms with van der Waals surface area (Å²) in [5.41, 5.74) is 2.49. The summed E-state index contributed by atoms with van der Waals surface area (Å²) in [6.45, 7) is 4.13. The van der Waals surface area contributed by atoms with E-state index in [1.807, 2.05) is 24.3 Å². The Bertz CT molecular complexity index is 557. The van der Waals surface area contributed by atoms with E-state index in [2.05, 4.69) is 17.9 Å². The minimum absolute atomic E-state index is 0.220. The zero-order chi connectivity index (χ0) is 14.1. The van der Waals surface area contributed by atoms with Crippen LogP contribution in [0.15, 0.2) is 35.9 Å². The van der Waals surface area contributed by atoms with Gasteiger partial charge in [-0.1, -0.05) is 48.5 Å². The Morgan fingerprint density at radius 1 is 1.45 bits per heavy atom. The summed E-state index contributed by atoms with van der Waals surface area (Å²) < 4.78 is 0. The van der Waals surface area contributed by atoms with Crippen molar-refractivity contribution in [3.63, 3.8) is 0 Å². The van der Waals surface area contributed by atoms with Crippen LogP contribution in [-0.2, 0) is 4.79 Å². The number of nitrogens with zero attached hydrogens (tertiary/aromatic N) is 1. The van der Waals surface area contributed by atoms with Crippen LogP contribution in [0.2, 0.25) is 5.02 Å². The Hall–Kier alpha value is -0.770. The van der Waals surface area contributed by atoms with E-state index in [0.29, 0.717) is 11.3 Å². The van der Waals surface area contributed by atoms with Crippen molar-refractivity contribution in [3.8, 4) is 0 Å². The Morgan fingerprint density at radius 3 is 3.00 bits per heavy atom. The summed E-state index contributed by atoms with van der Waals surface area (Å²) in [7, 11) is 0. The third kappa shape index (κ3) is 2.67. The highest BCUT2D eigenvalue weighted by atomic mass is 35.5. The molecule has 1 fully saturated rings. The zero-order valence-corrected chi connectivity index (χ0v) is 13.1. The molecule has 2 aliphatic rings. The van der Waals surface area contributed by atoms with Crippen LogP contribution >= 0.6 is 23.4 Å². The molecule has 0 bridgehead atoms. The lowest BCUT2D eigenvalue weighted by Crippen LogP contribution is -2.38. The average molecular weight is 308 g/mol. The second-order valence-corrected chi connectivity index (χ2v) is 6.96. The molecule has 2 unspecified atom stereocenters. The molecule has 0 radical (unpaired) electrons. The van der Waals surface area contributed by atoms with E-state index in [9.17, 15) is 4.79 Å². The van der Waals surface area contributed by atoms with E-state index >= 15 is 0 Å². The Morgan fingerprint density at radius 2 is 2.25 bits per heavy atom. The fraction of sp³-hybridized carbons (Fsp3) is 0.438. The van der Waals surface area contributed by atoms with Crippen LogP contribution in [0.4, 0.5) is 0 Å². The number of carbonyl (C=O) groups excluding carboxylic acids is 1. The first-order valence-corrected chi connectivity index (χ1v) is 8.34. The number of fused-ring (bicyclic) bond motifs is 1. The van der Waals surface area contributed by atoms with Crippen molar-refractivity contribution < 1.29 is 4.79 Å². The van der Waals surface area contributed by atoms with Gasteiger partial charge in [0.05, 0.1) is 0 Å². The van der Waals surface area contributed by atoms with Crippen molar-refractivity contribution in [3.05, 3.63) is 46.5 Å². The second-order valence-electron chi connectivity index (χ2n) is 5.35. The monoisotopic (exact) mass is 307 g/mol. The van der Waals surface area contributed by atoms with Gasteiger partial charge in [-0.3, -0.25) is 9.69 Å². The largest absolute Gasteiger partial charge is 0.292 e. The van der Waals surface area contributed by atoms with Gasteiger partial charge in [0, 0.05) is 29.4 Å². The third-order valence-corrected chi connectivity index (χ3v) is 5.65. The van der Waals surface area contributed by atoms with E-state index < -0.39 is 0 Å². The van der Waals surface area contributed by atoms with E-state index in [1.165, 1.54) is 22.9 Å². The number of carbonyl (C=O) groups is 1. The lowest BCUT2D eigenvalue weighted by atomic mass is 9.97. The van der Waals surface area contributed by atoms with Gasteiger partial charge in [0.1, 0.15) is 0 Å². The predicted molar refractivity (Wildman–Crippen MR) is 85.1 cm³/mol. The van der Waals surface area contributed by atoms with Crippen LogP contribution in [0.25, 0.3) is 0 Å². The van der Waals surface area contributed by atoms with Gasteiger partial charge in [0.15, 0.2) is 0 Å². The highest BCUT2D eigenvalue weighted by Gasteiger charge is 2.33. The maximum absolute atomic E-state index is 11.5. The molecule has 0 spiro atoms. The minimum Gasteiger partial charge on any atom is -0.292 e. The standard InChI is InChI=1S/C16H18ClNOS/c1-2-14(12-5-3-4-6-13(12)17)18-8-7-15-11(10-18)9-16(19)20-15/h3-6,9,14-15H,2,7-8,10H2,1H3. The van der Waals surface area contributed by atoms with Crippen LogP contribution in [0.1, 0.15) is 31.4 Å². The summed E-state index contributed by atoms with van der Waals surface area (Å²) in [6, 6.07) is 8.43. The summed E-state index contributed by atoms with van der Waals surface area (Å²) in [6.07, 6.45) is 3.92. The molecular weight excluding hydrogens is 290 g/mol. The van der Waals surface area contributed by atoms with Gasteiger partial charge in [-0.05, 0) is 36.1 Å². The number of rotatable bonds is 3. The van der Waals surface area contributed by atoms with Crippen LogP contribution < -0.4 is 0 Å². The average Bonchev–Trinajstić information content (AvgIpc) is 2.81. The Balaban J connectivity index is 1.82. The van der Waals surface area contributed by atoms with Crippen LogP contribution in [-0.4, -0.2) is 28.4 Å². The first-order valence-electron chi connectivity index (χ1n) is 7.08. The Labute approximate surface area is 129 Å². The molecule has 1 saturated heterocycles. The molecule has 0 saturated carbocycles. The van der Waals surface area contributed by atoms with Crippen molar-refractivity contribution in [1.29, 1.82) is 0 Å². The summed E-state index contributed by atoms with van der Waals surface area (Å²) in [5.74, 6) is 0. The molecule has 2 heterocycles. The number of hydrogen-bond donors (Lipinski definition) is 0. The number of thioether (sulfide) groups is 1. The van der Waals surface area contributed by atoms with Crippen molar-refractivity contribution >= 4 is 28.5 Å². The van der Waals surface area contributed by atoms with Gasteiger partial charge in [0.2, 0.25) is 5.12 Å². The molecule has 1 aromatic rings. The molecule has 106 valence electrons. The lowest BCUT2D eigenvalue weighted by molar-refractivity contribution is -0.106. The molecule has 20 heavy (non-hydrogen) atoms. The lowest BCUT2D eigenvalue weighted by Gasteiger charge is -2.37. The van der Waals surface area contributed by atoms with Crippen LogP contribution in [0.5, 0.6) is 0 Å². The molecule has 3 rings (SSSR count). The smallest absolute Gasteiger partial charge is 0.212 e. The van der Waals surface area contributed by atoms with Crippen LogP contribution in [0, 0.1) is 0 Å². The van der Waals surface area contributed by atoms with E-state index in [1.54, 1.807) is 0 Å². The maximum Gasteiger partial charge on any atom is 0.212 e. The van der Waals surface area contributed by atoms with Gasteiger partial charge in [-0.25, -0.2) is 0 Å². The second kappa shape index (κ2) is 5.92. The normalized spacial score (nSPS) is 24.4. The molecule has 2 aliphatic heterocycles. The topological polar surface area (TPSA) is 20.3 Å². The molecule has 0 aliphatic carbocycles. The first kappa shape index (κ1) is 14.2. The molecule has 2 atom stereocenters. The molecule has 0 aromatic heterocycles. The number of benzene rings is 1. The fourth-order valence-corrected chi connectivity index (χ4v) is 4.45. The molecule has 4 heteroatoms. The number of halogens is 1. The van der Waals surface area contributed by atoms with E-state index in [0.717, 1.165) is 31.0 Å². The highest BCUT2D eigenvalue weighted by Crippen LogP contribution is 2.39. The van der Waals surface area contributed by atoms with Gasteiger partial charge in [-0.2, -0.15) is 0 Å². The summed E-state index contributed by atoms with van der Waals surface area (Å²) in [5, 5.41) is 1.48. The Kier molecular flexibility index (Phi) is 4.20. The zero-order valence-electron chi connectivity index (χ0n) is 11.5. The minimum atomic E-state index is 0.220. The van der Waals surface area contributed by atoms with E-state index in [-0.39, 0.29) is 5.12 Å². The maximum atomic E-state index is 11.5. The molecular formula is C16H18ClNOS. The molecule has 0 N–H and O–H groups in total. The first-order chi connectivity index (χ1) is 9.69. The van der Waals surface area contributed by atoms with Crippen LogP contribution in [0.3, 0.4) is 0 Å². The third-order valence-electron chi connectivity index (χ3n) is 4.13. The van der Waals surface area contributed by atoms with Gasteiger partial charge >= 0.3 is 0 Å². The summed E-state index contributed by atoms with van der Waals surface area (Å²) in [4.78, 5) is 14.0. The SMILES string of the molecule is CCC(c1ccccc1Cl)N1CCC2SC(=O)C=C2C1. The number of likely N-dealkylation sites (tertiary alicyclic amines) is 1. The summed E-state index contributed by atoms with van der Waals surface area (Å²) >= 11 is 7.84. The van der Waals surface area contributed by atoms with Crippen molar-refractivity contribution in [2.24, 2.45) is 0 Å². The van der Waals surface area contributed by atoms with Crippen molar-refractivity contribution in [2.75, 3.05) is 13.1 Å². The predicted octanol–water partition coefficient (Wildman–Crippen LogP) is 4.07. The molecule has 0 amide bonds. The molecule has 2 nitrogen and oxygen atoms in total. The van der Waals surface area contributed by atoms with Gasteiger partial charge in [-0.15, -0.1) is 0 Å². The van der Waals surface area contributed by atoms with E-state index in [4.69, 9.17) is 11.6 Å². The highest BCUT2D eigenvalue weighted by molar-refractivity contribution is 8.15. The van der Waals surface area contributed by atoms with Gasteiger partial charge in [0.25, 0.3) is 0 Å². The number of piperidine rings is 1. The fourth-order valence-electron chi connectivity index (χ4n) is 3.17. The number of hydrogen-bond acceptors (Lipinski definition) is 3. The van der Waals surface area contributed by atoms with Crippen molar-refractivity contribution in [2.45, 2.75) is 31.1 Å².